The number of halogens is 3. The van der Waals surface area contributed by atoms with E-state index in [2.05, 4.69) is 10.3 Å². The summed E-state index contributed by atoms with van der Waals surface area (Å²) in [7, 11) is -0.938. The first-order chi connectivity index (χ1) is 20.9. The normalized spacial score (nSPS) is 21.5. The molecule has 1 aliphatic carbocycles. The summed E-state index contributed by atoms with van der Waals surface area (Å²) in [5.41, 5.74) is 2.86. The molecule has 1 fully saturated rings. The molecular formula is C31H32F3N5O4S. The van der Waals surface area contributed by atoms with Gasteiger partial charge in [-0.15, -0.1) is 5.10 Å². The molecule has 9 nitrogen and oxygen atoms in total. The number of hydrogen-bond donors (Lipinski definition) is 0. The molecular weight excluding hydrogens is 595 g/mol. The van der Waals surface area contributed by atoms with Crippen molar-refractivity contribution in [2.45, 2.75) is 55.6 Å². The molecule has 3 heterocycles. The molecule has 0 spiro atoms. The number of alkyl halides is 3. The van der Waals surface area contributed by atoms with Crippen molar-refractivity contribution < 1.29 is 31.1 Å². The van der Waals surface area contributed by atoms with Crippen molar-refractivity contribution in [3.05, 3.63) is 94.6 Å². The van der Waals surface area contributed by atoms with Gasteiger partial charge < -0.3 is 9.30 Å². The van der Waals surface area contributed by atoms with Crippen LogP contribution < -0.4 is 0 Å². The lowest BCUT2D eigenvalue weighted by Gasteiger charge is -2.24. The number of aromatic nitrogens is 4. The minimum atomic E-state index is -4.56. The average Bonchev–Trinajstić information content (AvgIpc) is 3.47. The van der Waals surface area contributed by atoms with Gasteiger partial charge in [0.15, 0.2) is 0 Å². The highest BCUT2D eigenvalue weighted by molar-refractivity contribution is 7.89. The van der Waals surface area contributed by atoms with Crippen molar-refractivity contribution in [2.75, 3.05) is 13.7 Å². The van der Waals surface area contributed by atoms with Gasteiger partial charge in [-0.05, 0) is 66.3 Å². The molecule has 1 aliphatic heterocycles. The van der Waals surface area contributed by atoms with Crippen LogP contribution in [0.3, 0.4) is 0 Å². The zero-order valence-corrected chi connectivity index (χ0v) is 25.3. The summed E-state index contributed by atoms with van der Waals surface area (Å²) in [6.07, 6.45) is 0.738. The van der Waals surface area contributed by atoms with E-state index in [4.69, 9.17) is 4.74 Å². The van der Waals surface area contributed by atoms with E-state index >= 15 is 0 Å². The first kappa shape index (κ1) is 30.1. The van der Waals surface area contributed by atoms with Gasteiger partial charge in [0.25, 0.3) is 0 Å². The molecule has 232 valence electrons. The SMILES string of the molecule is CC[C@H]1Cc2cc(C(F)(F)F)ccc2S(=O)(=O)N(Cc2cccc(-n3ccc(C(=O)OC)c3[C@@H]3C[C@H]3c3cn(C)nn3)c2)C1. The van der Waals surface area contributed by atoms with Crippen molar-refractivity contribution in [2.24, 2.45) is 13.0 Å². The van der Waals surface area contributed by atoms with E-state index in [1.54, 1.807) is 24.0 Å². The van der Waals surface area contributed by atoms with Crippen LogP contribution >= 0.6 is 0 Å². The third-order valence-corrected chi connectivity index (χ3v) is 10.5. The Balaban J connectivity index is 1.34. The number of carbonyl (C=O) groups is 1. The lowest BCUT2D eigenvalue weighted by Crippen LogP contribution is -2.33. The Bertz CT molecular complexity index is 1830. The molecule has 2 aliphatic rings. The second-order valence-electron chi connectivity index (χ2n) is 11.5. The molecule has 0 N–H and O–H groups in total. The molecule has 0 bridgehead atoms. The van der Waals surface area contributed by atoms with E-state index in [1.165, 1.54) is 11.4 Å². The summed E-state index contributed by atoms with van der Waals surface area (Å²) in [6.45, 7) is 2.13. The number of ether oxygens (including phenoxy) is 1. The maximum absolute atomic E-state index is 13.8. The molecule has 2 aromatic heterocycles. The lowest BCUT2D eigenvalue weighted by molar-refractivity contribution is -0.137. The molecule has 0 unspecified atom stereocenters. The molecule has 0 radical (unpaired) electrons. The summed E-state index contributed by atoms with van der Waals surface area (Å²) in [5.74, 6) is -0.499. The molecule has 6 rings (SSSR count). The number of carbonyl (C=O) groups excluding carboxylic acids is 1. The van der Waals surface area contributed by atoms with Crippen LogP contribution in [0.5, 0.6) is 0 Å². The fourth-order valence-corrected chi connectivity index (χ4v) is 7.91. The number of methoxy groups -OCH3 is 1. The van der Waals surface area contributed by atoms with Crippen molar-refractivity contribution >= 4 is 16.0 Å². The van der Waals surface area contributed by atoms with E-state index in [0.717, 1.165) is 41.7 Å². The summed E-state index contributed by atoms with van der Waals surface area (Å²) in [4.78, 5) is 12.6. The third-order valence-electron chi connectivity index (χ3n) is 8.57. The molecule has 3 atom stereocenters. The topological polar surface area (TPSA) is 99.3 Å². The number of fused-ring (bicyclic) bond motifs is 1. The summed E-state index contributed by atoms with van der Waals surface area (Å²) >= 11 is 0. The molecule has 0 saturated heterocycles. The Labute approximate surface area is 253 Å². The number of hydrogen-bond acceptors (Lipinski definition) is 6. The Morgan fingerprint density at radius 2 is 1.91 bits per heavy atom. The van der Waals surface area contributed by atoms with Gasteiger partial charge >= 0.3 is 12.1 Å². The Hall–Kier alpha value is -3.97. The zero-order valence-electron chi connectivity index (χ0n) is 24.5. The number of benzene rings is 2. The molecule has 13 heteroatoms. The summed E-state index contributed by atoms with van der Waals surface area (Å²) < 4.78 is 77.9. The first-order valence-corrected chi connectivity index (χ1v) is 15.8. The second-order valence-corrected chi connectivity index (χ2v) is 13.4. The van der Waals surface area contributed by atoms with Crippen LogP contribution in [0.25, 0.3) is 5.69 Å². The minimum absolute atomic E-state index is 0.00819. The average molecular weight is 628 g/mol. The smallest absolute Gasteiger partial charge is 0.416 e. The van der Waals surface area contributed by atoms with Crippen LogP contribution in [0, 0.1) is 5.92 Å². The third kappa shape index (κ3) is 5.54. The second kappa shape index (κ2) is 11.2. The first-order valence-electron chi connectivity index (χ1n) is 14.4. The van der Waals surface area contributed by atoms with Crippen LogP contribution in [0.15, 0.2) is 65.8 Å². The Kier molecular flexibility index (Phi) is 7.65. The zero-order chi connectivity index (χ0) is 31.4. The van der Waals surface area contributed by atoms with Gasteiger partial charge in [-0.3, -0.25) is 4.68 Å². The van der Waals surface area contributed by atoms with Crippen LogP contribution in [-0.4, -0.2) is 51.9 Å². The van der Waals surface area contributed by atoms with Crippen LogP contribution in [-0.2, 0) is 40.9 Å². The molecule has 44 heavy (non-hydrogen) atoms. The number of rotatable bonds is 7. The fraction of sp³-hybridized carbons (Fsp3) is 0.387. The van der Waals surface area contributed by atoms with E-state index in [9.17, 15) is 26.4 Å². The maximum atomic E-state index is 13.8. The van der Waals surface area contributed by atoms with E-state index in [0.29, 0.717) is 17.5 Å². The Morgan fingerprint density at radius 1 is 1.11 bits per heavy atom. The summed E-state index contributed by atoms with van der Waals surface area (Å²) in [6, 6.07) is 12.0. The highest BCUT2D eigenvalue weighted by atomic mass is 32.2. The van der Waals surface area contributed by atoms with Crippen LogP contribution in [0.2, 0.25) is 0 Å². The van der Waals surface area contributed by atoms with E-state index < -0.39 is 27.7 Å². The van der Waals surface area contributed by atoms with Crippen LogP contribution in [0.4, 0.5) is 13.2 Å². The number of aryl methyl sites for hydroxylation is 1. The van der Waals surface area contributed by atoms with Gasteiger partial charge in [-0.25, -0.2) is 13.2 Å². The number of esters is 1. The quantitative estimate of drug-likeness (QED) is 0.253. The van der Waals surface area contributed by atoms with Gasteiger partial charge in [0.1, 0.15) is 0 Å². The highest BCUT2D eigenvalue weighted by Crippen LogP contribution is 2.55. The number of nitrogens with zero attached hydrogens (tertiary/aromatic N) is 5. The fourth-order valence-electron chi connectivity index (χ4n) is 6.19. The van der Waals surface area contributed by atoms with Gasteiger partial charge in [-0.1, -0.05) is 30.7 Å². The van der Waals surface area contributed by atoms with Gasteiger partial charge in [0.05, 0.1) is 28.8 Å². The van der Waals surface area contributed by atoms with Gasteiger partial charge in [0, 0.05) is 55.7 Å². The lowest BCUT2D eigenvalue weighted by atomic mass is 9.95. The highest BCUT2D eigenvalue weighted by Gasteiger charge is 2.45. The minimum Gasteiger partial charge on any atom is -0.465 e. The molecule has 0 amide bonds. The predicted octanol–water partition coefficient (Wildman–Crippen LogP) is 5.46. The predicted molar refractivity (Wildman–Crippen MR) is 155 cm³/mol. The summed E-state index contributed by atoms with van der Waals surface area (Å²) in [5, 5.41) is 8.29. The van der Waals surface area contributed by atoms with Crippen LogP contribution in [0.1, 0.15) is 70.0 Å². The van der Waals surface area contributed by atoms with Crippen molar-refractivity contribution in [1.29, 1.82) is 0 Å². The standard InChI is InChI=1S/C31H32F3N5O4S/c1-4-19-12-21-14-22(31(32,33)34)8-9-28(21)44(41,42)38(16-19)17-20-6-5-7-23(13-20)39-11-10-24(30(40)43-3)29(39)26-15-25(26)27-18-37(2)36-35-27/h5-11,13-14,18-19,25-26H,4,12,15-17H2,1-3H3/t19-,25+,26+/m0/s1. The van der Waals surface area contributed by atoms with Gasteiger partial charge in [-0.2, -0.15) is 17.5 Å². The van der Waals surface area contributed by atoms with Crippen molar-refractivity contribution in [1.82, 2.24) is 23.9 Å². The molecule has 2 aromatic carbocycles. The largest absolute Gasteiger partial charge is 0.465 e. The van der Waals surface area contributed by atoms with Crippen molar-refractivity contribution in [3.8, 4) is 5.69 Å². The maximum Gasteiger partial charge on any atom is 0.416 e. The van der Waals surface area contributed by atoms with Gasteiger partial charge in [0.2, 0.25) is 10.0 Å². The molecule has 4 aromatic rings. The van der Waals surface area contributed by atoms with E-state index in [-0.39, 0.29) is 47.7 Å². The number of sulfonamides is 1. The van der Waals surface area contributed by atoms with E-state index in [1.807, 2.05) is 42.0 Å². The van der Waals surface area contributed by atoms with Crippen molar-refractivity contribution in [3.63, 3.8) is 0 Å². The molecule has 1 saturated carbocycles. The Morgan fingerprint density at radius 3 is 2.59 bits per heavy atom. The monoisotopic (exact) mass is 627 g/mol.